The van der Waals surface area contributed by atoms with Gasteiger partial charge in [-0.2, -0.15) is 0 Å². The molecule has 8 nitrogen and oxygen atoms in total. The van der Waals surface area contributed by atoms with E-state index in [-0.39, 0.29) is 23.4 Å². The largest absolute Gasteiger partial charge is 0.507 e. The monoisotopic (exact) mass is 371 g/mol. The van der Waals surface area contributed by atoms with Gasteiger partial charge in [-0.15, -0.1) is 0 Å². The zero-order valence-corrected chi connectivity index (χ0v) is 15.6. The number of H-pyrrole nitrogens is 1. The summed E-state index contributed by atoms with van der Waals surface area (Å²) < 4.78 is 7.78. The van der Waals surface area contributed by atoms with Crippen molar-refractivity contribution in [1.82, 2.24) is 14.1 Å². The SMILES string of the molecule is COC(=O)C[C@H](c1ccc2c(c1)n(C)c(=O)n2C)c1c(O)cc(C)[nH]c1=O. The Kier molecular flexibility index (Phi) is 4.65. The number of hydrogen-bond donors (Lipinski definition) is 2. The zero-order valence-electron chi connectivity index (χ0n) is 15.6. The molecule has 1 aromatic carbocycles. The lowest BCUT2D eigenvalue weighted by atomic mass is 9.88. The van der Waals surface area contributed by atoms with E-state index in [2.05, 4.69) is 4.98 Å². The number of aromatic hydroxyl groups is 1. The third kappa shape index (κ3) is 3.14. The quantitative estimate of drug-likeness (QED) is 0.672. The van der Waals surface area contributed by atoms with Crippen LogP contribution in [0.15, 0.2) is 33.9 Å². The first kappa shape index (κ1) is 18.5. The number of benzene rings is 1. The molecule has 0 spiro atoms. The van der Waals surface area contributed by atoms with Crippen molar-refractivity contribution in [2.45, 2.75) is 19.3 Å². The van der Waals surface area contributed by atoms with Crippen molar-refractivity contribution in [3.05, 3.63) is 61.9 Å². The molecule has 2 aromatic heterocycles. The van der Waals surface area contributed by atoms with E-state index >= 15 is 0 Å². The molecule has 3 aromatic rings. The van der Waals surface area contributed by atoms with E-state index in [1.165, 1.54) is 22.3 Å². The number of ether oxygens (including phenoxy) is 1. The number of carbonyl (C=O) groups is 1. The molecule has 0 unspecified atom stereocenters. The summed E-state index contributed by atoms with van der Waals surface area (Å²) in [5.74, 6) is -1.42. The Balaban J connectivity index is 2.25. The molecule has 0 bridgehead atoms. The van der Waals surface area contributed by atoms with Gasteiger partial charge in [0.25, 0.3) is 5.56 Å². The van der Waals surface area contributed by atoms with Crippen LogP contribution in [0, 0.1) is 6.92 Å². The minimum absolute atomic E-state index is 0.0891. The molecule has 142 valence electrons. The predicted octanol–water partition coefficient (Wildman–Crippen LogP) is 1.27. The third-order valence-electron chi connectivity index (χ3n) is 4.83. The Labute approximate surface area is 154 Å². The van der Waals surface area contributed by atoms with E-state index in [4.69, 9.17) is 4.74 Å². The highest BCUT2D eigenvalue weighted by Crippen LogP contribution is 2.33. The lowest BCUT2D eigenvalue weighted by Crippen LogP contribution is -2.21. The minimum atomic E-state index is -0.721. The van der Waals surface area contributed by atoms with Crippen LogP contribution in [0.2, 0.25) is 0 Å². The molecule has 0 saturated carbocycles. The van der Waals surface area contributed by atoms with E-state index in [0.717, 1.165) is 5.52 Å². The number of imidazole rings is 1. The molecule has 0 radical (unpaired) electrons. The van der Waals surface area contributed by atoms with Crippen molar-refractivity contribution < 1.29 is 14.6 Å². The second kappa shape index (κ2) is 6.79. The fourth-order valence-electron chi connectivity index (χ4n) is 3.40. The number of nitrogens with zero attached hydrogens (tertiary/aromatic N) is 2. The molecule has 0 amide bonds. The topological polar surface area (TPSA) is 106 Å². The minimum Gasteiger partial charge on any atom is -0.507 e. The van der Waals surface area contributed by atoms with Crippen LogP contribution in [0.1, 0.15) is 29.2 Å². The molecule has 2 heterocycles. The molecule has 1 atom stereocenters. The zero-order chi connectivity index (χ0) is 19.9. The van der Waals surface area contributed by atoms with Gasteiger partial charge < -0.3 is 14.8 Å². The summed E-state index contributed by atoms with van der Waals surface area (Å²) >= 11 is 0. The molecule has 8 heteroatoms. The van der Waals surface area contributed by atoms with Crippen LogP contribution >= 0.6 is 0 Å². The summed E-state index contributed by atoms with van der Waals surface area (Å²) in [4.78, 5) is 39.3. The normalized spacial score (nSPS) is 12.3. The van der Waals surface area contributed by atoms with Crippen LogP contribution in [0.3, 0.4) is 0 Å². The van der Waals surface area contributed by atoms with Gasteiger partial charge in [0.1, 0.15) is 5.75 Å². The number of esters is 1. The maximum Gasteiger partial charge on any atom is 0.328 e. The molecule has 0 aliphatic rings. The van der Waals surface area contributed by atoms with Gasteiger partial charge in [-0.25, -0.2) is 4.79 Å². The fraction of sp³-hybridized carbons (Fsp3) is 0.316. The number of nitrogens with one attached hydrogen (secondary N) is 1. The molecule has 3 rings (SSSR count). The first-order valence-corrected chi connectivity index (χ1v) is 8.39. The molecule has 0 aliphatic carbocycles. The second-order valence-corrected chi connectivity index (χ2v) is 6.56. The molecule has 0 fully saturated rings. The molecule has 0 aliphatic heterocycles. The van der Waals surface area contributed by atoms with Gasteiger partial charge in [0.15, 0.2) is 0 Å². The number of carbonyl (C=O) groups excluding carboxylic acids is 1. The Morgan fingerprint density at radius 2 is 1.85 bits per heavy atom. The number of fused-ring (bicyclic) bond motifs is 1. The fourth-order valence-corrected chi connectivity index (χ4v) is 3.40. The number of aryl methyl sites for hydroxylation is 3. The number of aromatic nitrogens is 3. The van der Waals surface area contributed by atoms with Gasteiger partial charge in [-0.05, 0) is 30.7 Å². The van der Waals surface area contributed by atoms with E-state index in [0.29, 0.717) is 16.8 Å². The van der Waals surface area contributed by atoms with Crippen molar-refractivity contribution >= 4 is 17.0 Å². The van der Waals surface area contributed by atoms with Crippen molar-refractivity contribution in [2.75, 3.05) is 7.11 Å². The van der Waals surface area contributed by atoms with Crippen molar-refractivity contribution in [1.29, 1.82) is 0 Å². The van der Waals surface area contributed by atoms with E-state index in [1.54, 1.807) is 39.2 Å². The Bertz CT molecular complexity index is 1150. The number of hydrogen-bond acceptors (Lipinski definition) is 5. The van der Waals surface area contributed by atoms with Gasteiger partial charge in [0.2, 0.25) is 0 Å². The number of aromatic amines is 1. The first-order chi connectivity index (χ1) is 12.7. The molecular weight excluding hydrogens is 350 g/mol. The maximum absolute atomic E-state index is 12.5. The first-order valence-electron chi connectivity index (χ1n) is 8.39. The summed E-state index contributed by atoms with van der Waals surface area (Å²) in [5.41, 5.74) is 1.97. The maximum atomic E-state index is 12.5. The summed E-state index contributed by atoms with van der Waals surface area (Å²) in [6.07, 6.45) is -0.123. The Morgan fingerprint density at radius 3 is 2.48 bits per heavy atom. The Morgan fingerprint density at radius 1 is 1.19 bits per heavy atom. The van der Waals surface area contributed by atoms with Crippen LogP contribution in [-0.4, -0.2) is 32.3 Å². The van der Waals surface area contributed by atoms with Crippen LogP contribution < -0.4 is 11.2 Å². The Hall–Kier alpha value is -3.29. The lowest BCUT2D eigenvalue weighted by Gasteiger charge is -2.18. The van der Waals surface area contributed by atoms with E-state index in [1.807, 2.05) is 0 Å². The van der Waals surface area contributed by atoms with Crippen LogP contribution in [0.4, 0.5) is 0 Å². The van der Waals surface area contributed by atoms with Crippen molar-refractivity contribution in [3.8, 4) is 5.75 Å². The molecule has 27 heavy (non-hydrogen) atoms. The average Bonchev–Trinajstić information content (AvgIpc) is 2.84. The van der Waals surface area contributed by atoms with Gasteiger partial charge in [-0.3, -0.25) is 18.7 Å². The molecule has 2 N–H and O–H groups in total. The highest BCUT2D eigenvalue weighted by molar-refractivity contribution is 5.78. The van der Waals surface area contributed by atoms with E-state index < -0.39 is 17.4 Å². The number of pyridine rings is 1. The van der Waals surface area contributed by atoms with Crippen LogP contribution in [0.5, 0.6) is 5.75 Å². The van der Waals surface area contributed by atoms with Crippen LogP contribution in [-0.2, 0) is 23.6 Å². The standard InChI is InChI=1S/C19H21N3O5/c1-10-7-15(23)17(18(25)20-10)12(9-16(24)27-4)11-5-6-13-14(8-11)22(3)19(26)21(13)2/h5-8,12H,9H2,1-4H3,(H2,20,23,25)/t12-/m1/s1. The smallest absolute Gasteiger partial charge is 0.328 e. The van der Waals surface area contributed by atoms with Gasteiger partial charge >= 0.3 is 11.7 Å². The summed E-state index contributed by atoms with van der Waals surface area (Å²) in [7, 11) is 4.59. The average molecular weight is 371 g/mol. The lowest BCUT2D eigenvalue weighted by molar-refractivity contribution is -0.140. The third-order valence-corrected chi connectivity index (χ3v) is 4.83. The highest BCUT2D eigenvalue weighted by atomic mass is 16.5. The van der Waals surface area contributed by atoms with E-state index in [9.17, 15) is 19.5 Å². The number of methoxy groups -OCH3 is 1. The van der Waals surface area contributed by atoms with Crippen LogP contribution in [0.25, 0.3) is 11.0 Å². The number of rotatable bonds is 4. The summed E-state index contributed by atoms with van der Waals surface area (Å²) in [5, 5.41) is 10.4. The molecule has 0 saturated heterocycles. The van der Waals surface area contributed by atoms with Gasteiger partial charge in [0, 0.05) is 25.7 Å². The van der Waals surface area contributed by atoms with Crippen molar-refractivity contribution in [2.24, 2.45) is 14.1 Å². The summed E-state index contributed by atoms with van der Waals surface area (Å²) in [6, 6.07) is 6.70. The second-order valence-electron chi connectivity index (χ2n) is 6.56. The van der Waals surface area contributed by atoms with Crippen molar-refractivity contribution in [3.63, 3.8) is 0 Å². The summed E-state index contributed by atoms with van der Waals surface area (Å²) in [6.45, 7) is 1.66. The highest BCUT2D eigenvalue weighted by Gasteiger charge is 2.26. The predicted molar refractivity (Wildman–Crippen MR) is 100 cm³/mol. The van der Waals surface area contributed by atoms with Gasteiger partial charge in [-0.1, -0.05) is 6.07 Å². The van der Waals surface area contributed by atoms with Gasteiger partial charge in [0.05, 0.1) is 30.1 Å². The molecular formula is C19H21N3O5.